The number of fused-ring (bicyclic) bond motifs is 1. The van der Waals surface area contributed by atoms with E-state index in [9.17, 15) is 14.4 Å². The summed E-state index contributed by atoms with van der Waals surface area (Å²) in [6.07, 6.45) is 2.01. The molecule has 1 aromatic heterocycles. The third-order valence-electron chi connectivity index (χ3n) is 6.09. The Labute approximate surface area is 218 Å². The predicted molar refractivity (Wildman–Crippen MR) is 143 cm³/mol. The summed E-state index contributed by atoms with van der Waals surface area (Å²) in [5, 5.41) is 6.49. The third kappa shape index (κ3) is 8.10. The highest BCUT2D eigenvalue weighted by Gasteiger charge is 2.32. The first-order valence-electron chi connectivity index (χ1n) is 12.6. The summed E-state index contributed by atoms with van der Waals surface area (Å²) < 4.78 is 11.0. The van der Waals surface area contributed by atoms with Crippen molar-refractivity contribution < 1.29 is 23.9 Å². The summed E-state index contributed by atoms with van der Waals surface area (Å²) in [6, 6.07) is 15.3. The van der Waals surface area contributed by atoms with Crippen molar-refractivity contribution in [2.45, 2.75) is 71.8 Å². The maximum absolute atomic E-state index is 13.4. The summed E-state index contributed by atoms with van der Waals surface area (Å²) >= 11 is 0. The molecule has 3 rings (SSSR count). The highest BCUT2D eigenvalue weighted by atomic mass is 16.6. The second-order valence-electron chi connectivity index (χ2n) is 10.2. The fourth-order valence-electron chi connectivity index (χ4n) is 3.94. The first-order valence-corrected chi connectivity index (χ1v) is 12.6. The number of rotatable bonds is 10. The summed E-state index contributed by atoms with van der Waals surface area (Å²) in [6.45, 7) is 9.15. The maximum atomic E-state index is 13.4. The number of amides is 2. The van der Waals surface area contributed by atoms with E-state index in [-0.39, 0.29) is 18.9 Å². The van der Waals surface area contributed by atoms with E-state index in [1.807, 2.05) is 74.6 Å². The van der Waals surface area contributed by atoms with Gasteiger partial charge in [-0.15, -0.1) is 0 Å². The number of nitrogens with one attached hydrogen (secondary N) is 3. The van der Waals surface area contributed by atoms with Crippen LogP contribution in [0.1, 0.15) is 52.2 Å². The van der Waals surface area contributed by atoms with Crippen molar-refractivity contribution >= 4 is 28.9 Å². The van der Waals surface area contributed by atoms with Gasteiger partial charge in [0.2, 0.25) is 5.91 Å². The molecule has 37 heavy (non-hydrogen) atoms. The molecule has 2 aromatic carbocycles. The Morgan fingerprint density at radius 3 is 2.32 bits per heavy atom. The summed E-state index contributed by atoms with van der Waals surface area (Å²) in [7, 11) is 0. The van der Waals surface area contributed by atoms with Gasteiger partial charge in [0, 0.05) is 23.5 Å². The van der Waals surface area contributed by atoms with E-state index in [4.69, 9.17) is 9.47 Å². The number of ether oxygens (including phenoxy) is 2. The minimum absolute atomic E-state index is 0.0882. The maximum Gasteiger partial charge on any atom is 0.408 e. The van der Waals surface area contributed by atoms with Gasteiger partial charge in [-0.25, -0.2) is 9.59 Å². The summed E-state index contributed by atoms with van der Waals surface area (Å²) in [4.78, 5) is 42.3. The number of carbonyl (C=O) groups excluding carboxylic acids is 3. The molecule has 3 unspecified atom stereocenters. The molecular weight excluding hydrogens is 470 g/mol. The zero-order chi connectivity index (χ0) is 27.0. The van der Waals surface area contributed by atoms with Crippen molar-refractivity contribution in [3.63, 3.8) is 0 Å². The van der Waals surface area contributed by atoms with Crippen LogP contribution < -0.4 is 10.6 Å². The van der Waals surface area contributed by atoms with Gasteiger partial charge < -0.3 is 25.1 Å². The smallest absolute Gasteiger partial charge is 0.408 e. The van der Waals surface area contributed by atoms with Gasteiger partial charge in [-0.05, 0) is 43.9 Å². The van der Waals surface area contributed by atoms with Gasteiger partial charge in [0.1, 0.15) is 24.3 Å². The summed E-state index contributed by atoms with van der Waals surface area (Å²) in [5.74, 6) is -1.22. The molecule has 0 bridgehead atoms. The molecule has 0 spiro atoms. The molecule has 0 saturated carbocycles. The van der Waals surface area contributed by atoms with E-state index in [0.29, 0.717) is 6.42 Å². The van der Waals surface area contributed by atoms with Gasteiger partial charge >= 0.3 is 12.1 Å². The summed E-state index contributed by atoms with van der Waals surface area (Å²) in [5.41, 5.74) is 1.94. The normalized spacial score (nSPS) is 13.9. The molecular formula is C29H37N3O5. The van der Waals surface area contributed by atoms with E-state index in [2.05, 4.69) is 15.6 Å². The lowest BCUT2D eigenvalue weighted by atomic mass is 9.97. The quantitative estimate of drug-likeness (QED) is 0.339. The van der Waals surface area contributed by atoms with E-state index in [1.54, 1.807) is 20.8 Å². The Bertz CT molecular complexity index is 1200. The largest absolute Gasteiger partial charge is 0.459 e. The van der Waals surface area contributed by atoms with Crippen molar-refractivity contribution in [3.8, 4) is 0 Å². The zero-order valence-corrected chi connectivity index (χ0v) is 22.2. The minimum atomic E-state index is -0.956. The van der Waals surface area contributed by atoms with Crippen LogP contribution in [0.2, 0.25) is 0 Å². The van der Waals surface area contributed by atoms with Crippen molar-refractivity contribution in [3.05, 3.63) is 71.9 Å². The zero-order valence-electron chi connectivity index (χ0n) is 22.2. The van der Waals surface area contributed by atoms with E-state index >= 15 is 0 Å². The molecule has 3 N–H and O–H groups in total. The number of alkyl carbamates (subject to hydrolysis) is 1. The van der Waals surface area contributed by atoms with Gasteiger partial charge in [-0.2, -0.15) is 0 Å². The lowest BCUT2D eigenvalue weighted by Gasteiger charge is -2.27. The number of aromatic amines is 1. The number of benzene rings is 2. The van der Waals surface area contributed by atoms with Gasteiger partial charge in [0.25, 0.3) is 0 Å². The number of hydrogen-bond acceptors (Lipinski definition) is 5. The highest BCUT2D eigenvalue weighted by Crippen LogP contribution is 2.20. The molecule has 0 aliphatic rings. The van der Waals surface area contributed by atoms with Crippen LogP contribution in [0.5, 0.6) is 0 Å². The lowest BCUT2D eigenvalue weighted by Crippen LogP contribution is -2.55. The number of H-pyrrole nitrogens is 1. The topological polar surface area (TPSA) is 110 Å². The molecule has 8 heteroatoms. The number of aromatic nitrogens is 1. The molecule has 0 aliphatic carbocycles. The van der Waals surface area contributed by atoms with Crippen LogP contribution in [0, 0.1) is 5.92 Å². The van der Waals surface area contributed by atoms with E-state index < -0.39 is 35.7 Å². The molecule has 1 heterocycles. The molecule has 0 radical (unpaired) electrons. The lowest BCUT2D eigenvalue weighted by molar-refractivity contribution is -0.149. The van der Waals surface area contributed by atoms with Crippen LogP contribution in [0.4, 0.5) is 4.79 Å². The Kier molecular flexibility index (Phi) is 9.33. The van der Waals surface area contributed by atoms with Crippen molar-refractivity contribution in [1.29, 1.82) is 0 Å². The fraction of sp³-hybridized carbons (Fsp3) is 0.414. The van der Waals surface area contributed by atoms with Crippen LogP contribution >= 0.6 is 0 Å². The van der Waals surface area contributed by atoms with E-state index in [0.717, 1.165) is 22.0 Å². The van der Waals surface area contributed by atoms with Crippen molar-refractivity contribution in [2.75, 3.05) is 0 Å². The SMILES string of the molecule is CCC(C)C(NC(=O)OC(C)(C)C)C(=O)NC(Cc1c[nH]c2ccccc12)C(=O)OCc1ccccc1. The third-order valence-corrected chi connectivity index (χ3v) is 6.09. The molecule has 0 aliphatic heterocycles. The molecule has 0 fully saturated rings. The second-order valence-corrected chi connectivity index (χ2v) is 10.2. The molecule has 3 aromatic rings. The predicted octanol–water partition coefficient (Wildman–Crippen LogP) is 4.88. The van der Waals surface area contributed by atoms with Crippen molar-refractivity contribution in [2.24, 2.45) is 5.92 Å². The van der Waals surface area contributed by atoms with Crippen LogP contribution in [0.3, 0.4) is 0 Å². The van der Waals surface area contributed by atoms with Crippen LogP contribution in [0.25, 0.3) is 10.9 Å². The Hall–Kier alpha value is -3.81. The second kappa shape index (κ2) is 12.4. The van der Waals surface area contributed by atoms with Gasteiger partial charge in [0.15, 0.2) is 0 Å². The number of carbonyl (C=O) groups is 3. The van der Waals surface area contributed by atoms with Crippen LogP contribution in [-0.2, 0) is 32.1 Å². The Balaban J connectivity index is 1.80. The van der Waals surface area contributed by atoms with Gasteiger partial charge in [-0.3, -0.25) is 4.79 Å². The monoisotopic (exact) mass is 507 g/mol. The van der Waals surface area contributed by atoms with Crippen LogP contribution in [0.15, 0.2) is 60.8 Å². The van der Waals surface area contributed by atoms with Crippen molar-refractivity contribution in [1.82, 2.24) is 15.6 Å². The number of hydrogen-bond donors (Lipinski definition) is 3. The Morgan fingerprint density at radius 2 is 1.65 bits per heavy atom. The molecule has 198 valence electrons. The fourth-order valence-corrected chi connectivity index (χ4v) is 3.94. The van der Waals surface area contributed by atoms with Crippen LogP contribution in [-0.4, -0.2) is 40.6 Å². The molecule has 2 amide bonds. The van der Waals surface area contributed by atoms with Gasteiger partial charge in [-0.1, -0.05) is 68.8 Å². The first-order chi connectivity index (χ1) is 17.6. The molecule has 0 saturated heterocycles. The van der Waals surface area contributed by atoms with E-state index in [1.165, 1.54) is 0 Å². The number of esters is 1. The number of para-hydroxylation sites is 1. The first kappa shape index (κ1) is 27.8. The Morgan fingerprint density at radius 1 is 0.973 bits per heavy atom. The minimum Gasteiger partial charge on any atom is -0.459 e. The molecule has 3 atom stereocenters. The highest BCUT2D eigenvalue weighted by molar-refractivity contribution is 5.91. The molecule has 8 nitrogen and oxygen atoms in total. The standard InChI is InChI=1S/C29H37N3O5/c1-6-19(2)25(32-28(35)37-29(3,4)5)26(33)31-24(27(34)36-18-20-12-8-7-9-13-20)16-21-17-30-23-15-11-10-14-22(21)23/h7-15,17,19,24-25,30H,6,16,18H2,1-5H3,(H,31,33)(H,32,35). The average molecular weight is 508 g/mol. The average Bonchev–Trinajstić information content (AvgIpc) is 3.27. The van der Waals surface area contributed by atoms with Gasteiger partial charge in [0.05, 0.1) is 0 Å².